The minimum absolute atomic E-state index is 0.303. The molecule has 0 aromatic heterocycles. The molecule has 1 aromatic carbocycles. The first kappa shape index (κ1) is 13.8. The topological polar surface area (TPSA) is 38.5 Å². The first-order valence-electron chi connectivity index (χ1n) is 6.40. The maximum Gasteiger partial charge on any atom is 0.133 e. The van der Waals surface area contributed by atoms with E-state index in [-0.39, 0.29) is 0 Å². The number of benzene rings is 1. The molecule has 1 aliphatic heterocycles. The molecule has 0 saturated carbocycles. The van der Waals surface area contributed by atoms with Crippen LogP contribution in [0, 0.1) is 5.92 Å². The summed E-state index contributed by atoms with van der Waals surface area (Å²) in [5, 5.41) is 0. The van der Waals surface area contributed by atoms with E-state index >= 15 is 0 Å². The molecule has 0 bridgehead atoms. The zero-order valence-electron chi connectivity index (χ0n) is 11.0. The van der Waals surface area contributed by atoms with E-state index in [1.165, 1.54) is 12.0 Å². The minimum atomic E-state index is 0.303. The number of ether oxygens (including phenoxy) is 1. The Morgan fingerprint density at radius 3 is 2.89 bits per heavy atom. The molecule has 1 aliphatic rings. The molecular formula is C14H21BrN2O. The van der Waals surface area contributed by atoms with Crippen LogP contribution in [0.4, 0.5) is 0 Å². The minimum Gasteiger partial charge on any atom is -0.496 e. The van der Waals surface area contributed by atoms with Crippen molar-refractivity contribution in [2.45, 2.75) is 25.9 Å². The van der Waals surface area contributed by atoms with E-state index in [1.807, 2.05) is 6.07 Å². The summed E-state index contributed by atoms with van der Waals surface area (Å²) in [5.41, 5.74) is 7.28. The molecule has 3 nitrogen and oxygen atoms in total. The lowest BCUT2D eigenvalue weighted by Gasteiger charge is -2.18. The standard InChI is InChI=1S/C14H21BrN2O/c1-10(16)12-5-6-17(9-12)8-11-3-4-14(18-2)13(15)7-11/h3-4,7,10,12H,5-6,8-9,16H2,1-2H3/t10-,12+/m1/s1. The summed E-state index contributed by atoms with van der Waals surface area (Å²) in [5.74, 6) is 1.53. The van der Waals surface area contributed by atoms with Crippen LogP contribution in [0.1, 0.15) is 18.9 Å². The van der Waals surface area contributed by atoms with Gasteiger partial charge in [0, 0.05) is 19.1 Å². The van der Waals surface area contributed by atoms with Crippen LogP contribution in [0.15, 0.2) is 22.7 Å². The van der Waals surface area contributed by atoms with Crippen LogP contribution in [0.5, 0.6) is 5.75 Å². The van der Waals surface area contributed by atoms with Crippen LogP contribution in [-0.2, 0) is 6.54 Å². The fourth-order valence-electron chi connectivity index (χ4n) is 2.50. The summed E-state index contributed by atoms with van der Waals surface area (Å²) >= 11 is 3.53. The second-order valence-electron chi connectivity index (χ2n) is 5.11. The van der Waals surface area contributed by atoms with Crippen molar-refractivity contribution in [3.63, 3.8) is 0 Å². The molecule has 2 N–H and O–H groups in total. The number of hydrogen-bond donors (Lipinski definition) is 1. The molecule has 0 amide bonds. The number of hydrogen-bond acceptors (Lipinski definition) is 3. The predicted octanol–water partition coefficient (Wildman–Crippen LogP) is 2.63. The van der Waals surface area contributed by atoms with E-state index in [2.05, 4.69) is 39.9 Å². The van der Waals surface area contributed by atoms with Crippen LogP contribution < -0.4 is 10.5 Å². The van der Waals surface area contributed by atoms with Gasteiger partial charge in [-0.2, -0.15) is 0 Å². The zero-order valence-corrected chi connectivity index (χ0v) is 12.6. The van der Waals surface area contributed by atoms with Gasteiger partial charge < -0.3 is 10.5 Å². The van der Waals surface area contributed by atoms with Crippen molar-refractivity contribution >= 4 is 15.9 Å². The smallest absolute Gasteiger partial charge is 0.133 e. The van der Waals surface area contributed by atoms with Gasteiger partial charge in [-0.05, 0) is 59.4 Å². The summed E-state index contributed by atoms with van der Waals surface area (Å²) in [6, 6.07) is 6.58. The Morgan fingerprint density at radius 1 is 1.56 bits per heavy atom. The fraction of sp³-hybridized carbons (Fsp3) is 0.571. The first-order valence-corrected chi connectivity index (χ1v) is 7.20. The Labute approximate surface area is 117 Å². The van der Waals surface area contributed by atoms with E-state index in [9.17, 15) is 0 Å². The van der Waals surface area contributed by atoms with Crippen LogP contribution in [0.3, 0.4) is 0 Å². The Balaban J connectivity index is 1.96. The second kappa shape index (κ2) is 6.04. The van der Waals surface area contributed by atoms with E-state index < -0.39 is 0 Å². The number of likely N-dealkylation sites (tertiary alicyclic amines) is 1. The average Bonchev–Trinajstić information content (AvgIpc) is 2.78. The Bertz CT molecular complexity index is 409. The molecule has 0 aliphatic carbocycles. The maximum atomic E-state index is 5.96. The molecule has 18 heavy (non-hydrogen) atoms. The van der Waals surface area contributed by atoms with Gasteiger partial charge in [-0.25, -0.2) is 0 Å². The summed E-state index contributed by atoms with van der Waals surface area (Å²) in [4.78, 5) is 2.47. The summed E-state index contributed by atoms with van der Waals surface area (Å²) in [6.07, 6.45) is 1.22. The van der Waals surface area contributed by atoms with E-state index in [4.69, 9.17) is 10.5 Å². The summed E-state index contributed by atoms with van der Waals surface area (Å²) in [7, 11) is 1.69. The van der Waals surface area contributed by atoms with Gasteiger partial charge in [0.2, 0.25) is 0 Å². The molecule has 4 heteroatoms. The van der Waals surface area contributed by atoms with Crippen molar-refractivity contribution in [3.05, 3.63) is 28.2 Å². The SMILES string of the molecule is COc1ccc(CN2CC[C@H]([C@@H](C)N)C2)cc1Br. The molecule has 2 atom stereocenters. The van der Waals surface area contributed by atoms with Crippen LogP contribution in [0.25, 0.3) is 0 Å². The van der Waals surface area contributed by atoms with Gasteiger partial charge in [-0.15, -0.1) is 0 Å². The van der Waals surface area contributed by atoms with E-state index in [0.29, 0.717) is 12.0 Å². The molecule has 1 fully saturated rings. The van der Waals surface area contributed by atoms with Gasteiger partial charge >= 0.3 is 0 Å². The average molecular weight is 313 g/mol. The highest BCUT2D eigenvalue weighted by molar-refractivity contribution is 9.10. The van der Waals surface area contributed by atoms with Crippen molar-refractivity contribution in [1.29, 1.82) is 0 Å². The van der Waals surface area contributed by atoms with Crippen molar-refractivity contribution in [2.24, 2.45) is 11.7 Å². The maximum absolute atomic E-state index is 5.96. The lowest BCUT2D eigenvalue weighted by atomic mass is 10.0. The van der Waals surface area contributed by atoms with Crippen LogP contribution >= 0.6 is 15.9 Å². The third kappa shape index (κ3) is 3.25. The Kier molecular flexibility index (Phi) is 4.65. The lowest BCUT2D eigenvalue weighted by molar-refractivity contribution is 0.308. The van der Waals surface area contributed by atoms with E-state index in [1.54, 1.807) is 7.11 Å². The fourth-order valence-corrected chi connectivity index (χ4v) is 3.09. The Morgan fingerprint density at radius 2 is 2.33 bits per heavy atom. The molecule has 2 rings (SSSR count). The largest absolute Gasteiger partial charge is 0.496 e. The molecule has 1 aromatic rings. The van der Waals surface area contributed by atoms with Crippen molar-refractivity contribution < 1.29 is 4.74 Å². The van der Waals surface area contributed by atoms with Gasteiger partial charge in [0.15, 0.2) is 0 Å². The molecule has 1 heterocycles. The number of methoxy groups -OCH3 is 1. The molecule has 1 saturated heterocycles. The third-order valence-corrected chi connectivity index (χ3v) is 4.29. The number of rotatable bonds is 4. The number of halogens is 1. The third-order valence-electron chi connectivity index (χ3n) is 3.67. The summed E-state index contributed by atoms with van der Waals surface area (Å²) in [6.45, 7) is 5.36. The van der Waals surface area contributed by atoms with E-state index in [0.717, 1.165) is 29.9 Å². The lowest BCUT2D eigenvalue weighted by Crippen LogP contribution is -2.29. The van der Waals surface area contributed by atoms with Crippen molar-refractivity contribution in [3.8, 4) is 5.75 Å². The van der Waals surface area contributed by atoms with Gasteiger partial charge in [-0.1, -0.05) is 6.07 Å². The van der Waals surface area contributed by atoms with Gasteiger partial charge in [0.1, 0.15) is 5.75 Å². The number of nitrogens with two attached hydrogens (primary N) is 1. The first-order chi connectivity index (χ1) is 8.60. The predicted molar refractivity (Wildman–Crippen MR) is 77.7 cm³/mol. The second-order valence-corrected chi connectivity index (χ2v) is 5.97. The van der Waals surface area contributed by atoms with Crippen LogP contribution in [0.2, 0.25) is 0 Å². The highest BCUT2D eigenvalue weighted by atomic mass is 79.9. The number of nitrogens with zero attached hydrogens (tertiary/aromatic N) is 1. The quantitative estimate of drug-likeness (QED) is 0.929. The summed E-state index contributed by atoms with van der Waals surface area (Å²) < 4.78 is 6.26. The highest BCUT2D eigenvalue weighted by Gasteiger charge is 2.25. The van der Waals surface area contributed by atoms with Gasteiger partial charge in [0.25, 0.3) is 0 Å². The van der Waals surface area contributed by atoms with Crippen molar-refractivity contribution in [1.82, 2.24) is 4.90 Å². The van der Waals surface area contributed by atoms with Gasteiger partial charge in [-0.3, -0.25) is 4.90 Å². The van der Waals surface area contributed by atoms with Crippen LogP contribution in [-0.4, -0.2) is 31.1 Å². The highest BCUT2D eigenvalue weighted by Crippen LogP contribution is 2.27. The zero-order chi connectivity index (χ0) is 13.1. The molecular weight excluding hydrogens is 292 g/mol. The Hall–Kier alpha value is -0.580. The normalized spacial score (nSPS) is 22.1. The molecule has 100 valence electrons. The molecule has 0 radical (unpaired) electrons. The monoisotopic (exact) mass is 312 g/mol. The molecule has 0 spiro atoms. The molecule has 0 unspecified atom stereocenters. The van der Waals surface area contributed by atoms with Crippen molar-refractivity contribution in [2.75, 3.05) is 20.2 Å². The van der Waals surface area contributed by atoms with Gasteiger partial charge in [0.05, 0.1) is 11.6 Å².